The molecule has 3 N–H and O–H groups in total. The number of unbranched alkanes of at least 4 members (excludes halogenated alkanes) is 1. The van der Waals surface area contributed by atoms with Crippen molar-refractivity contribution in [2.75, 3.05) is 31.6 Å². The summed E-state index contributed by atoms with van der Waals surface area (Å²) >= 11 is 0. The van der Waals surface area contributed by atoms with Crippen molar-refractivity contribution in [3.8, 4) is 11.5 Å². The molecule has 0 aromatic heterocycles. The molecule has 1 aliphatic carbocycles. The molecule has 0 bridgehead atoms. The quantitative estimate of drug-likeness (QED) is 0.380. The number of ether oxygens (including phenoxy) is 1. The second kappa shape index (κ2) is 14.4. The summed E-state index contributed by atoms with van der Waals surface area (Å²) in [6.45, 7) is 3.90. The molecule has 1 saturated carbocycles. The van der Waals surface area contributed by atoms with E-state index >= 15 is 0 Å². The molecule has 3 amide bonds. The normalized spacial score (nSPS) is 21.1. The van der Waals surface area contributed by atoms with E-state index in [0.29, 0.717) is 49.5 Å². The van der Waals surface area contributed by atoms with Gasteiger partial charge in [0.1, 0.15) is 23.1 Å². The topological polar surface area (TPSA) is 111 Å². The molecule has 10 heteroatoms. The van der Waals surface area contributed by atoms with Crippen molar-refractivity contribution in [1.29, 1.82) is 0 Å². The highest BCUT2D eigenvalue weighted by atomic mass is 35.5. The molecule has 2 heterocycles. The third-order valence-corrected chi connectivity index (χ3v) is 9.34. The number of amides is 3. The Balaban J connectivity index is 0.00000423. The van der Waals surface area contributed by atoms with E-state index in [2.05, 4.69) is 22.5 Å². The lowest BCUT2D eigenvalue weighted by Crippen LogP contribution is -2.75. The van der Waals surface area contributed by atoms with Gasteiger partial charge < -0.3 is 30.3 Å². The predicted octanol–water partition coefficient (Wildman–Crippen LogP) is 4.67. The fourth-order valence-corrected chi connectivity index (χ4v) is 6.77. The van der Waals surface area contributed by atoms with Crippen molar-refractivity contribution in [1.82, 2.24) is 15.5 Å². The lowest BCUT2D eigenvalue weighted by molar-refractivity contribution is -0.164. The first-order valence-electron chi connectivity index (χ1n) is 15.5. The summed E-state index contributed by atoms with van der Waals surface area (Å²) in [7, 11) is 1.60. The lowest BCUT2D eigenvalue weighted by atomic mass is 9.78. The van der Waals surface area contributed by atoms with E-state index in [4.69, 9.17) is 4.74 Å². The molecule has 3 aliphatic rings. The van der Waals surface area contributed by atoms with Crippen LogP contribution < -0.4 is 20.3 Å². The summed E-state index contributed by atoms with van der Waals surface area (Å²) in [6.07, 6.45) is 7.10. The van der Waals surface area contributed by atoms with Crippen LogP contribution in [0.15, 0.2) is 48.5 Å². The Morgan fingerprint density at radius 2 is 1.63 bits per heavy atom. The van der Waals surface area contributed by atoms with Crippen molar-refractivity contribution in [3.63, 3.8) is 0 Å². The van der Waals surface area contributed by atoms with Crippen LogP contribution in [0.2, 0.25) is 0 Å². The Hall–Kier alpha value is -3.30. The molecule has 43 heavy (non-hydrogen) atoms. The highest BCUT2D eigenvalue weighted by molar-refractivity contribution is 6.00. The van der Waals surface area contributed by atoms with Gasteiger partial charge in [0.05, 0.1) is 6.10 Å². The summed E-state index contributed by atoms with van der Waals surface area (Å²) in [5.74, 6) is 0.997. The van der Waals surface area contributed by atoms with Crippen LogP contribution in [-0.2, 0) is 9.59 Å². The zero-order valence-electron chi connectivity index (χ0n) is 25.2. The first kappa shape index (κ1) is 32.6. The van der Waals surface area contributed by atoms with Crippen LogP contribution in [-0.4, -0.2) is 72.1 Å². The fourth-order valence-electron chi connectivity index (χ4n) is 6.77. The van der Waals surface area contributed by atoms with Gasteiger partial charge in [0.25, 0.3) is 5.91 Å². The minimum atomic E-state index is -0.880. The number of anilines is 1. The number of aliphatic hydroxyl groups excluding tert-OH is 1. The molecule has 1 spiro atoms. The number of benzene rings is 2. The molecule has 2 aromatic rings. The molecule has 2 aromatic carbocycles. The number of hydrogen-bond donors (Lipinski definition) is 3. The van der Waals surface area contributed by atoms with Crippen molar-refractivity contribution in [2.45, 2.75) is 82.4 Å². The summed E-state index contributed by atoms with van der Waals surface area (Å²) in [5.41, 5.74) is 0.719. The van der Waals surface area contributed by atoms with Gasteiger partial charge in [-0.2, -0.15) is 0 Å². The van der Waals surface area contributed by atoms with E-state index < -0.39 is 17.7 Å². The number of carbonyl (C=O) groups excluding carboxylic acids is 3. The molecular weight excluding hydrogens is 568 g/mol. The summed E-state index contributed by atoms with van der Waals surface area (Å²) in [6, 6.07) is 14.0. The van der Waals surface area contributed by atoms with E-state index in [1.165, 1.54) is 6.42 Å². The second-order valence-corrected chi connectivity index (χ2v) is 11.9. The molecule has 5 rings (SSSR count). The Morgan fingerprint density at radius 3 is 2.21 bits per heavy atom. The van der Waals surface area contributed by atoms with E-state index in [0.717, 1.165) is 44.2 Å². The van der Waals surface area contributed by atoms with Crippen LogP contribution in [0.25, 0.3) is 0 Å². The predicted molar refractivity (Wildman–Crippen MR) is 169 cm³/mol. The number of nitrogens with zero attached hydrogens (tertiary/aromatic N) is 2. The largest absolute Gasteiger partial charge is 0.457 e. The maximum atomic E-state index is 13.8. The minimum absolute atomic E-state index is 0. The molecule has 2 atom stereocenters. The van der Waals surface area contributed by atoms with Gasteiger partial charge in [-0.3, -0.25) is 14.4 Å². The van der Waals surface area contributed by atoms with Crippen molar-refractivity contribution < 1.29 is 24.2 Å². The minimum Gasteiger partial charge on any atom is -0.457 e. The van der Waals surface area contributed by atoms with Gasteiger partial charge >= 0.3 is 0 Å². The van der Waals surface area contributed by atoms with Crippen LogP contribution in [0.1, 0.15) is 75.1 Å². The zero-order valence-corrected chi connectivity index (χ0v) is 26.0. The molecule has 3 fully saturated rings. The maximum absolute atomic E-state index is 13.8. The van der Waals surface area contributed by atoms with Crippen LogP contribution in [0.4, 0.5) is 5.69 Å². The van der Waals surface area contributed by atoms with Crippen molar-refractivity contribution >= 4 is 35.8 Å². The SMILES string of the molecule is CCCCN1C(=O)[C@@H]([C@H](O)C2CCCCC2)NC(=O)C12CCN(c1ccc(Oc3ccc(C(=O)NC)cc3)cc1)CC2.Cl. The molecule has 9 nitrogen and oxygen atoms in total. The Bertz CT molecular complexity index is 1240. The van der Waals surface area contributed by atoms with Gasteiger partial charge in [-0.1, -0.05) is 32.6 Å². The lowest BCUT2D eigenvalue weighted by Gasteiger charge is -2.53. The van der Waals surface area contributed by atoms with E-state index in [1.54, 1.807) is 31.3 Å². The molecule has 2 saturated heterocycles. The number of carbonyl (C=O) groups is 3. The third kappa shape index (κ3) is 6.93. The van der Waals surface area contributed by atoms with Gasteiger partial charge in [-0.05, 0) is 86.6 Å². The molecule has 0 unspecified atom stereocenters. The molecule has 234 valence electrons. The first-order chi connectivity index (χ1) is 20.4. The number of piperazine rings is 1. The molecular formula is C33H45ClN4O5. The summed E-state index contributed by atoms with van der Waals surface area (Å²) in [4.78, 5) is 43.4. The van der Waals surface area contributed by atoms with Gasteiger partial charge in [0.15, 0.2) is 0 Å². The van der Waals surface area contributed by atoms with Gasteiger partial charge in [0.2, 0.25) is 11.8 Å². The van der Waals surface area contributed by atoms with E-state index in [1.807, 2.05) is 29.2 Å². The maximum Gasteiger partial charge on any atom is 0.251 e. The number of aliphatic hydroxyl groups is 1. The standard InChI is InChI=1S/C33H44N4O5.ClH/c1-3-4-20-37-31(40)28(29(38)23-8-6-5-7-9-23)35-32(41)33(37)18-21-36(22-19-33)25-12-16-27(17-13-25)42-26-14-10-24(11-15-26)30(39)34-2;/h10-17,23,28-29,38H,3-9,18-22H2,1-2H3,(H,34,39)(H,35,41);1H/t28-,29-;/m1./s1. The van der Waals surface area contributed by atoms with Gasteiger partial charge in [-0.15, -0.1) is 12.4 Å². The average molecular weight is 613 g/mol. The van der Waals surface area contributed by atoms with Crippen LogP contribution in [0.5, 0.6) is 11.5 Å². The van der Waals surface area contributed by atoms with Crippen molar-refractivity contribution in [3.05, 3.63) is 54.1 Å². The van der Waals surface area contributed by atoms with Crippen LogP contribution in [0.3, 0.4) is 0 Å². The Morgan fingerprint density at radius 1 is 1.02 bits per heavy atom. The number of nitrogens with one attached hydrogen (secondary N) is 2. The number of hydrogen-bond acceptors (Lipinski definition) is 6. The van der Waals surface area contributed by atoms with Crippen molar-refractivity contribution in [2.24, 2.45) is 5.92 Å². The van der Waals surface area contributed by atoms with Gasteiger partial charge in [-0.25, -0.2) is 0 Å². The smallest absolute Gasteiger partial charge is 0.251 e. The fraction of sp³-hybridized carbons (Fsp3) is 0.545. The number of rotatable bonds is 9. The highest BCUT2D eigenvalue weighted by Crippen LogP contribution is 2.37. The summed E-state index contributed by atoms with van der Waals surface area (Å²) in [5, 5.41) is 16.8. The third-order valence-electron chi connectivity index (χ3n) is 9.34. The molecule has 0 radical (unpaired) electrons. The highest BCUT2D eigenvalue weighted by Gasteiger charge is 2.55. The van der Waals surface area contributed by atoms with Crippen LogP contribution in [0, 0.1) is 5.92 Å². The van der Waals surface area contributed by atoms with Gasteiger partial charge in [0, 0.05) is 37.9 Å². The first-order valence-corrected chi connectivity index (χ1v) is 15.5. The van der Waals surface area contributed by atoms with E-state index in [9.17, 15) is 19.5 Å². The zero-order chi connectivity index (χ0) is 29.7. The average Bonchev–Trinajstić information content (AvgIpc) is 3.03. The monoisotopic (exact) mass is 612 g/mol. The van der Waals surface area contributed by atoms with E-state index in [-0.39, 0.29) is 36.0 Å². The molecule has 2 aliphatic heterocycles. The Labute approximate surface area is 260 Å². The Kier molecular flexibility index (Phi) is 11.0. The second-order valence-electron chi connectivity index (χ2n) is 11.9. The van der Waals surface area contributed by atoms with Crippen LogP contribution >= 0.6 is 12.4 Å². The summed E-state index contributed by atoms with van der Waals surface area (Å²) < 4.78 is 5.96. The number of halogens is 1. The number of piperidine rings is 1.